The first-order valence-electron chi connectivity index (χ1n) is 16.1. The Balaban J connectivity index is 1.41. The van der Waals surface area contributed by atoms with Gasteiger partial charge in [-0.1, -0.05) is 97.1 Å². The van der Waals surface area contributed by atoms with Gasteiger partial charge in [-0.2, -0.15) is 0 Å². The lowest BCUT2D eigenvalue weighted by Gasteiger charge is -2.30. The number of anilines is 1. The van der Waals surface area contributed by atoms with Crippen molar-refractivity contribution in [1.29, 1.82) is 0 Å². The molecular weight excluding hydrogens is 560 g/mol. The van der Waals surface area contributed by atoms with Gasteiger partial charge in [0, 0.05) is 43.9 Å². The van der Waals surface area contributed by atoms with Gasteiger partial charge in [0.05, 0.1) is 46.3 Å². The highest BCUT2D eigenvalue weighted by molar-refractivity contribution is 6.36. The third kappa shape index (κ3) is 3.47. The largest absolute Gasteiger partial charge is 0.309 e. The molecule has 0 unspecified atom stereocenters. The van der Waals surface area contributed by atoms with Crippen molar-refractivity contribution in [2.75, 3.05) is 4.90 Å². The van der Waals surface area contributed by atoms with Gasteiger partial charge in [-0.05, 0) is 60.7 Å². The van der Waals surface area contributed by atoms with Crippen LogP contribution in [0.1, 0.15) is 18.4 Å². The molecule has 0 saturated heterocycles. The first-order valence-corrected chi connectivity index (χ1v) is 16.1. The molecule has 0 fully saturated rings. The van der Waals surface area contributed by atoms with Gasteiger partial charge >= 0.3 is 0 Å². The zero-order valence-electron chi connectivity index (χ0n) is 25.3. The van der Waals surface area contributed by atoms with E-state index >= 15 is 0 Å². The van der Waals surface area contributed by atoms with Crippen LogP contribution in [0, 0.1) is 0 Å². The molecular formula is C42H30N4. The third-order valence-electron chi connectivity index (χ3n) is 9.83. The van der Waals surface area contributed by atoms with Crippen molar-refractivity contribution in [3.63, 3.8) is 0 Å². The fourth-order valence-corrected chi connectivity index (χ4v) is 7.94. The quantitative estimate of drug-likeness (QED) is 0.201. The van der Waals surface area contributed by atoms with E-state index in [1.807, 2.05) is 6.34 Å². The first-order chi connectivity index (χ1) is 22.9. The Morgan fingerprint density at radius 1 is 0.543 bits per heavy atom. The first kappa shape index (κ1) is 25.5. The van der Waals surface area contributed by atoms with E-state index in [0.29, 0.717) is 6.54 Å². The van der Waals surface area contributed by atoms with Crippen LogP contribution in [0.2, 0.25) is 0 Å². The van der Waals surface area contributed by atoms with E-state index in [-0.39, 0.29) is 0 Å². The molecule has 6 aromatic carbocycles. The summed E-state index contributed by atoms with van der Waals surface area (Å²) in [5.41, 5.74) is 11.0. The molecule has 0 radical (unpaired) electrons. The summed E-state index contributed by atoms with van der Waals surface area (Å²) < 4.78 is 5.00. The normalized spacial score (nSPS) is 14.6. The monoisotopic (exact) mass is 590 g/mol. The second kappa shape index (κ2) is 9.82. The van der Waals surface area contributed by atoms with E-state index < -0.39 is 0 Å². The van der Waals surface area contributed by atoms with Crippen molar-refractivity contribution in [1.82, 2.24) is 9.13 Å². The van der Waals surface area contributed by atoms with Gasteiger partial charge in [0.15, 0.2) is 0 Å². The predicted molar refractivity (Wildman–Crippen MR) is 194 cm³/mol. The van der Waals surface area contributed by atoms with Gasteiger partial charge in [0.25, 0.3) is 0 Å². The highest BCUT2D eigenvalue weighted by Gasteiger charge is 2.27. The molecule has 2 aromatic heterocycles. The molecule has 0 saturated carbocycles. The smallest absolute Gasteiger partial charge is 0.0942 e. The van der Waals surface area contributed by atoms with Gasteiger partial charge < -0.3 is 14.0 Å². The van der Waals surface area contributed by atoms with Crippen LogP contribution in [0.5, 0.6) is 0 Å². The Morgan fingerprint density at radius 3 is 2.00 bits per heavy atom. The number of nitrogens with zero attached hydrogens (tertiary/aromatic N) is 4. The van der Waals surface area contributed by atoms with Gasteiger partial charge in [-0.15, -0.1) is 0 Å². The van der Waals surface area contributed by atoms with E-state index in [1.165, 1.54) is 82.7 Å². The lowest BCUT2D eigenvalue weighted by Crippen LogP contribution is -2.25. The predicted octanol–water partition coefficient (Wildman–Crippen LogP) is 10.6. The summed E-state index contributed by atoms with van der Waals surface area (Å²) in [5.74, 6) is 0. The molecule has 46 heavy (non-hydrogen) atoms. The average Bonchev–Trinajstić information content (AvgIpc) is 3.66. The molecule has 0 spiro atoms. The molecule has 0 amide bonds. The molecule has 0 bridgehead atoms. The Labute approximate surface area is 266 Å². The minimum atomic E-state index is 0.642. The minimum absolute atomic E-state index is 0.642. The van der Waals surface area contributed by atoms with Crippen molar-refractivity contribution < 1.29 is 0 Å². The van der Waals surface area contributed by atoms with Crippen LogP contribution in [0.25, 0.3) is 65.8 Å². The zero-order chi connectivity index (χ0) is 30.2. The van der Waals surface area contributed by atoms with Gasteiger partial charge in [-0.25, -0.2) is 0 Å². The summed E-state index contributed by atoms with van der Waals surface area (Å²) in [4.78, 5) is 7.21. The van der Waals surface area contributed by atoms with Crippen LogP contribution in [0.4, 0.5) is 5.69 Å². The summed E-state index contributed by atoms with van der Waals surface area (Å²) in [6, 6.07) is 44.3. The summed E-state index contributed by atoms with van der Waals surface area (Å²) >= 11 is 0. The van der Waals surface area contributed by atoms with Gasteiger partial charge in [-0.3, -0.25) is 4.99 Å². The lowest BCUT2D eigenvalue weighted by atomic mass is 9.99. The van der Waals surface area contributed by atoms with E-state index in [9.17, 15) is 0 Å². The highest BCUT2D eigenvalue weighted by atomic mass is 15.2. The zero-order valence-corrected chi connectivity index (χ0v) is 25.3. The maximum Gasteiger partial charge on any atom is 0.0942 e. The Bertz CT molecular complexity index is 2610. The van der Waals surface area contributed by atoms with Crippen molar-refractivity contribution >= 4 is 66.4 Å². The molecule has 4 heteroatoms. The fourth-order valence-electron chi connectivity index (χ4n) is 7.94. The standard InChI is InChI=1S/C42H30N4/c1-3-14-28(15-4-1)44-27-43-26-34-35(44)24-13-25-38(34)46-37-23-12-10-21-33(37)40-41(46)31-19-8-7-18-30(31)39-32-20-9-11-22-36(32)45(42(39)40)29-16-5-2-6-17-29/h1-3,5-14,16-25,27H,4,15,26H2. The van der Waals surface area contributed by atoms with E-state index in [2.05, 4.69) is 154 Å². The Kier molecular flexibility index (Phi) is 5.43. The van der Waals surface area contributed by atoms with E-state index in [4.69, 9.17) is 4.99 Å². The fraction of sp³-hybridized carbons (Fsp3) is 0.0714. The summed E-state index contributed by atoms with van der Waals surface area (Å²) in [5, 5.41) is 7.62. The molecule has 1 aliphatic heterocycles. The van der Waals surface area contributed by atoms with Gasteiger partial charge in [0.2, 0.25) is 0 Å². The molecule has 3 heterocycles. The topological polar surface area (TPSA) is 25.5 Å². The lowest BCUT2D eigenvalue weighted by molar-refractivity contribution is 0.905. The molecule has 4 nitrogen and oxygen atoms in total. The summed E-state index contributed by atoms with van der Waals surface area (Å²) in [6.07, 6.45) is 10.7. The van der Waals surface area contributed by atoms with Crippen LogP contribution < -0.4 is 4.90 Å². The second-order valence-electron chi connectivity index (χ2n) is 12.3. The average molecular weight is 591 g/mol. The molecule has 1 aliphatic carbocycles. The van der Waals surface area contributed by atoms with E-state index in [1.54, 1.807) is 0 Å². The highest BCUT2D eigenvalue weighted by Crippen LogP contribution is 2.47. The molecule has 0 atom stereocenters. The number of rotatable bonds is 3. The van der Waals surface area contributed by atoms with Crippen LogP contribution in [0.3, 0.4) is 0 Å². The number of hydrogen-bond donors (Lipinski definition) is 0. The molecule has 0 N–H and O–H groups in total. The number of benzene rings is 6. The second-order valence-corrected chi connectivity index (χ2v) is 12.3. The Hall–Kier alpha value is -5.87. The molecule has 10 rings (SSSR count). The van der Waals surface area contributed by atoms with Gasteiger partial charge in [0.1, 0.15) is 0 Å². The summed E-state index contributed by atoms with van der Waals surface area (Å²) in [6.45, 7) is 0.642. The van der Waals surface area contributed by atoms with Crippen molar-refractivity contribution in [3.05, 3.63) is 151 Å². The number of hydrogen-bond acceptors (Lipinski definition) is 2. The number of aliphatic imine (C=N–C) groups is 1. The van der Waals surface area contributed by atoms with Crippen LogP contribution in [0.15, 0.2) is 150 Å². The number of allylic oxidation sites excluding steroid dienone is 4. The van der Waals surface area contributed by atoms with Crippen LogP contribution in [-0.2, 0) is 6.54 Å². The SMILES string of the molecule is C1=CCCC(N2C=NCc3c2cccc3-n2c3ccccc3c3c2c2ccccc2c2c4ccccc4n(-c4ccccc4)c23)=C1. The van der Waals surface area contributed by atoms with Crippen LogP contribution in [-0.4, -0.2) is 15.5 Å². The molecule has 2 aliphatic rings. The Morgan fingerprint density at radius 2 is 1.22 bits per heavy atom. The number of fused-ring (bicyclic) bond motifs is 11. The number of para-hydroxylation sites is 3. The third-order valence-corrected chi connectivity index (χ3v) is 9.83. The van der Waals surface area contributed by atoms with Crippen molar-refractivity contribution in [2.24, 2.45) is 4.99 Å². The number of aromatic nitrogens is 2. The van der Waals surface area contributed by atoms with Crippen molar-refractivity contribution in [2.45, 2.75) is 19.4 Å². The van der Waals surface area contributed by atoms with Crippen LogP contribution >= 0.6 is 0 Å². The minimum Gasteiger partial charge on any atom is -0.309 e. The molecule has 8 aromatic rings. The van der Waals surface area contributed by atoms with Crippen molar-refractivity contribution in [3.8, 4) is 11.4 Å². The maximum absolute atomic E-state index is 4.92. The maximum atomic E-state index is 4.92. The molecule has 218 valence electrons. The summed E-state index contributed by atoms with van der Waals surface area (Å²) in [7, 11) is 0. The van der Waals surface area contributed by atoms with E-state index in [0.717, 1.165) is 12.8 Å².